The van der Waals surface area contributed by atoms with E-state index in [9.17, 15) is 4.79 Å². The third-order valence-electron chi connectivity index (χ3n) is 1.88. The molecule has 1 aromatic rings. The number of carbonyl (C=O) groups excluding carboxylic acids is 1. The van der Waals surface area contributed by atoms with Crippen LogP contribution in [0.2, 0.25) is 0 Å². The summed E-state index contributed by atoms with van der Waals surface area (Å²) < 4.78 is 4.85. The van der Waals surface area contributed by atoms with Gasteiger partial charge >= 0.3 is 5.97 Å². The molecule has 0 aromatic carbocycles. The van der Waals surface area contributed by atoms with Crippen molar-refractivity contribution < 1.29 is 14.6 Å². The Morgan fingerprint density at radius 1 is 1.56 bits per heavy atom. The number of hydrogen-bond donors (Lipinski definition) is 1. The van der Waals surface area contributed by atoms with Crippen LogP contribution in [0.1, 0.15) is 23.1 Å². The highest BCUT2D eigenvalue weighted by molar-refractivity contribution is 7.99. The SMILES string of the molecule is CCOC(=O)CSCc1ccc(C#CCCO)s1. The lowest BCUT2D eigenvalue weighted by Crippen LogP contribution is -2.06. The van der Waals surface area contributed by atoms with Gasteiger partial charge in [-0.15, -0.1) is 23.1 Å². The Labute approximate surface area is 116 Å². The average molecular weight is 284 g/mol. The Kier molecular flexibility index (Phi) is 7.58. The number of aliphatic hydroxyl groups is 1. The van der Waals surface area contributed by atoms with Crippen molar-refractivity contribution in [2.75, 3.05) is 19.0 Å². The van der Waals surface area contributed by atoms with Gasteiger partial charge in [0.1, 0.15) is 0 Å². The predicted molar refractivity (Wildman–Crippen MR) is 75.7 cm³/mol. The Bertz CT molecular complexity index is 429. The van der Waals surface area contributed by atoms with Crippen LogP contribution in [-0.2, 0) is 15.3 Å². The van der Waals surface area contributed by atoms with Gasteiger partial charge in [0.15, 0.2) is 0 Å². The third-order valence-corrected chi connectivity index (χ3v) is 4.02. The minimum absolute atomic E-state index is 0.0978. The fraction of sp³-hybridized carbons (Fsp3) is 0.462. The summed E-state index contributed by atoms with van der Waals surface area (Å²) in [5.74, 6) is 6.90. The van der Waals surface area contributed by atoms with E-state index in [1.165, 1.54) is 4.88 Å². The Hall–Kier alpha value is -0.960. The first-order valence-corrected chi connectivity index (χ1v) is 7.65. The monoisotopic (exact) mass is 284 g/mol. The van der Waals surface area contributed by atoms with Crippen LogP contribution in [0.5, 0.6) is 0 Å². The Morgan fingerprint density at radius 2 is 2.39 bits per heavy atom. The standard InChI is InChI=1S/C13H16O3S2/c1-2-16-13(15)10-17-9-12-7-6-11(18-12)5-3-4-8-14/h6-7,14H,2,4,8-10H2,1H3. The summed E-state index contributed by atoms with van der Waals surface area (Å²) >= 11 is 3.16. The summed E-state index contributed by atoms with van der Waals surface area (Å²) in [6.45, 7) is 2.34. The maximum absolute atomic E-state index is 11.1. The first kappa shape index (κ1) is 15.1. The number of esters is 1. The summed E-state index contributed by atoms with van der Waals surface area (Å²) in [4.78, 5) is 13.3. The highest BCUT2D eigenvalue weighted by Gasteiger charge is 2.03. The van der Waals surface area contributed by atoms with E-state index in [4.69, 9.17) is 9.84 Å². The molecule has 0 amide bonds. The van der Waals surface area contributed by atoms with E-state index in [0.717, 1.165) is 10.6 Å². The number of thioether (sulfide) groups is 1. The van der Waals surface area contributed by atoms with Crippen LogP contribution < -0.4 is 0 Å². The molecular formula is C13H16O3S2. The molecule has 1 heterocycles. The zero-order chi connectivity index (χ0) is 13.2. The van der Waals surface area contributed by atoms with E-state index in [1.807, 2.05) is 12.1 Å². The van der Waals surface area contributed by atoms with Crippen LogP contribution in [-0.4, -0.2) is 30.0 Å². The molecule has 0 spiro atoms. The first-order valence-electron chi connectivity index (χ1n) is 5.68. The smallest absolute Gasteiger partial charge is 0.315 e. The molecular weight excluding hydrogens is 268 g/mol. The molecule has 0 fully saturated rings. The minimum atomic E-state index is -0.165. The zero-order valence-electron chi connectivity index (χ0n) is 10.3. The zero-order valence-corrected chi connectivity index (χ0v) is 11.9. The molecule has 1 rings (SSSR count). The quantitative estimate of drug-likeness (QED) is 0.643. The molecule has 0 saturated heterocycles. The highest BCUT2D eigenvalue weighted by Crippen LogP contribution is 2.21. The minimum Gasteiger partial charge on any atom is -0.465 e. The fourth-order valence-corrected chi connectivity index (χ4v) is 2.98. The molecule has 5 heteroatoms. The number of ether oxygens (including phenoxy) is 1. The van der Waals surface area contributed by atoms with Crippen molar-refractivity contribution >= 4 is 29.1 Å². The van der Waals surface area contributed by atoms with Gasteiger partial charge in [-0.25, -0.2) is 0 Å². The van der Waals surface area contributed by atoms with Gasteiger partial charge in [-0.3, -0.25) is 4.79 Å². The van der Waals surface area contributed by atoms with Gasteiger partial charge in [0.25, 0.3) is 0 Å². The second-order valence-corrected chi connectivity index (χ2v) is 5.49. The van der Waals surface area contributed by atoms with Crippen molar-refractivity contribution in [2.24, 2.45) is 0 Å². The van der Waals surface area contributed by atoms with Crippen molar-refractivity contribution in [2.45, 2.75) is 19.1 Å². The number of hydrogen-bond acceptors (Lipinski definition) is 5. The Balaban J connectivity index is 2.32. The van der Waals surface area contributed by atoms with Gasteiger partial charge in [0, 0.05) is 17.1 Å². The van der Waals surface area contributed by atoms with Crippen LogP contribution in [0, 0.1) is 11.8 Å². The van der Waals surface area contributed by atoms with Crippen LogP contribution in [0.4, 0.5) is 0 Å². The largest absolute Gasteiger partial charge is 0.465 e. The van der Waals surface area contributed by atoms with Crippen LogP contribution in [0.3, 0.4) is 0 Å². The van der Waals surface area contributed by atoms with Gasteiger partial charge in [-0.2, -0.15) is 0 Å². The molecule has 0 radical (unpaired) electrons. The molecule has 0 unspecified atom stereocenters. The predicted octanol–water partition coefficient (Wildman–Crippen LogP) is 2.28. The van der Waals surface area contributed by atoms with E-state index < -0.39 is 0 Å². The second-order valence-electron chi connectivity index (χ2n) is 3.34. The summed E-state index contributed by atoms with van der Waals surface area (Å²) in [5.41, 5.74) is 0. The van der Waals surface area contributed by atoms with E-state index in [1.54, 1.807) is 30.0 Å². The number of rotatable bonds is 6. The lowest BCUT2D eigenvalue weighted by molar-refractivity contribution is -0.139. The summed E-state index contributed by atoms with van der Waals surface area (Å²) in [6, 6.07) is 3.99. The summed E-state index contributed by atoms with van der Waals surface area (Å²) in [6.07, 6.45) is 0.505. The average Bonchev–Trinajstić information content (AvgIpc) is 2.78. The van der Waals surface area contributed by atoms with Crippen molar-refractivity contribution in [1.82, 2.24) is 0 Å². The molecule has 18 heavy (non-hydrogen) atoms. The van der Waals surface area contributed by atoms with Crippen LogP contribution in [0.25, 0.3) is 0 Å². The second kappa shape index (κ2) is 9.03. The molecule has 0 aliphatic heterocycles. The molecule has 0 saturated carbocycles. The summed E-state index contributed by atoms with van der Waals surface area (Å²) in [5, 5.41) is 8.62. The van der Waals surface area contributed by atoms with Crippen LogP contribution in [0.15, 0.2) is 12.1 Å². The lowest BCUT2D eigenvalue weighted by Gasteiger charge is -2.00. The van der Waals surface area contributed by atoms with Gasteiger partial charge in [-0.05, 0) is 19.1 Å². The van der Waals surface area contributed by atoms with Gasteiger partial charge < -0.3 is 9.84 Å². The van der Waals surface area contributed by atoms with Crippen molar-refractivity contribution in [3.05, 3.63) is 21.9 Å². The van der Waals surface area contributed by atoms with E-state index in [0.29, 0.717) is 18.8 Å². The first-order chi connectivity index (χ1) is 8.76. The van der Waals surface area contributed by atoms with E-state index >= 15 is 0 Å². The lowest BCUT2D eigenvalue weighted by atomic mass is 10.4. The van der Waals surface area contributed by atoms with Gasteiger partial charge in [0.05, 0.1) is 23.8 Å². The molecule has 98 valence electrons. The molecule has 1 N–H and O–H groups in total. The maximum Gasteiger partial charge on any atom is 0.315 e. The maximum atomic E-state index is 11.1. The normalized spacial score (nSPS) is 9.67. The van der Waals surface area contributed by atoms with Crippen molar-refractivity contribution in [3.63, 3.8) is 0 Å². The summed E-state index contributed by atoms with van der Waals surface area (Å²) in [7, 11) is 0. The fourth-order valence-electron chi connectivity index (χ4n) is 1.17. The van der Waals surface area contributed by atoms with Gasteiger partial charge in [0.2, 0.25) is 0 Å². The topological polar surface area (TPSA) is 46.5 Å². The molecule has 1 aromatic heterocycles. The van der Waals surface area contributed by atoms with E-state index in [2.05, 4.69) is 11.8 Å². The van der Waals surface area contributed by atoms with Crippen molar-refractivity contribution in [3.8, 4) is 11.8 Å². The van der Waals surface area contributed by atoms with Crippen LogP contribution >= 0.6 is 23.1 Å². The number of thiophene rings is 1. The van der Waals surface area contributed by atoms with Crippen molar-refractivity contribution in [1.29, 1.82) is 0 Å². The Morgan fingerprint density at radius 3 is 3.11 bits per heavy atom. The highest BCUT2D eigenvalue weighted by atomic mass is 32.2. The molecule has 3 nitrogen and oxygen atoms in total. The van der Waals surface area contributed by atoms with Gasteiger partial charge in [-0.1, -0.05) is 11.8 Å². The molecule has 0 bridgehead atoms. The molecule has 0 aliphatic rings. The number of carbonyl (C=O) groups is 1. The molecule has 0 aliphatic carbocycles. The van der Waals surface area contributed by atoms with E-state index in [-0.39, 0.29) is 12.6 Å². The molecule has 0 atom stereocenters. The number of aliphatic hydroxyl groups excluding tert-OH is 1. The third kappa shape index (κ3) is 6.10.